The lowest BCUT2D eigenvalue weighted by Crippen LogP contribution is -2.35. The summed E-state index contributed by atoms with van der Waals surface area (Å²) in [7, 11) is 0. The monoisotopic (exact) mass is 301 g/mol. The molecule has 4 nitrogen and oxygen atoms in total. The van der Waals surface area contributed by atoms with Gasteiger partial charge in [-0.25, -0.2) is 4.98 Å². The lowest BCUT2D eigenvalue weighted by molar-refractivity contribution is 0.571. The van der Waals surface area contributed by atoms with Crippen LogP contribution >= 0.6 is 15.9 Å². The Balaban J connectivity index is 3.10. The Morgan fingerprint density at radius 3 is 2.71 bits per heavy atom. The summed E-state index contributed by atoms with van der Waals surface area (Å²) in [4.78, 5) is 18.5. The molecule has 1 aromatic rings. The predicted molar refractivity (Wildman–Crippen MR) is 75.2 cm³/mol. The van der Waals surface area contributed by atoms with Gasteiger partial charge in [0.15, 0.2) is 5.82 Å². The maximum atomic E-state index is 12.2. The van der Waals surface area contributed by atoms with Crippen LogP contribution in [0.15, 0.2) is 17.2 Å². The molecule has 0 N–H and O–H groups in total. The van der Waals surface area contributed by atoms with E-state index in [0.717, 1.165) is 24.8 Å². The van der Waals surface area contributed by atoms with E-state index in [1.807, 2.05) is 18.7 Å². The van der Waals surface area contributed by atoms with Crippen LogP contribution in [-0.2, 0) is 0 Å². The summed E-state index contributed by atoms with van der Waals surface area (Å²) in [6.45, 7) is 7.76. The van der Waals surface area contributed by atoms with E-state index in [-0.39, 0.29) is 11.6 Å². The topological polar surface area (TPSA) is 38.1 Å². The molecule has 0 atom stereocenters. The molecule has 0 fully saturated rings. The number of hydrogen-bond acceptors (Lipinski definition) is 3. The predicted octanol–water partition coefficient (Wildman–Crippen LogP) is 2.44. The molecule has 1 heterocycles. The summed E-state index contributed by atoms with van der Waals surface area (Å²) in [6.07, 6.45) is 4.45. The Kier molecular flexibility index (Phi) is 5.68. The Morgan fingerprint density at radius 2 is 2.18 bits per heavy atom. The Bertz CT molecular complexity index is 397. The summed E-state index contributed by atoms with van der Waals surface area (Å²) >= 11 is 3.41. The van der Waals surface area contributed by atoms with Gasteiger partial charge in [-0.3, -0.25) is 4.79 Å². The summed E-state index contributed by atoms with van der Waals surface area (Å²) in [5.74, 6) is 0.558. The van der Waals surface area contributed by atoms with E-state index >= 15 is 0 Å². The van der Waals surface area contributed by atoms with E-state index in [1.165, 1.54) is 0 Å². The average Bonchev–Trinajstić information content (AvgIpc) is 2.29. The van der Waals surface area contributed by atoms with Crippen molar-refractivity contribution in [1.82, 2.24) is 9.55 Å². The third kappa shape index (κ3) is 3.56. The van der Waals surface area contributed by atoms with Crippen LogP contribution in [0.1, 0.15) is 33.2 Å². The second-order valence-electron chi connectivity index (χ2n) is 4.23. The van der Waals surface area contributed by atoms with E-state index in [9.17, 15) is 4.79 Å². The number of alkyl halides is 1. The van der Waals surface area contributed by atoms with Gasteiger partial charge in [0, 0.05) is 36.9 Å². The number of rotatable bonds is 6. The largest absolute Gasteiger partial charge is 0.351 e. The van der Waals surface area contributed by atoms with E-state index in [4.69, 9.17) is 0 Å². The van der Waals surface area contributed by atoms with Crippen LogP contribution in [-0.4, -0.2) is 28.0 Å². The van der Waals surface area contributed by atoms with Crippen molar-refractivity contribution in [2.75, 3.05) is 23.3 Å². The molecule has 0 aliphatic carbocycles. The van der Waals surface area contributed by atoms with E-state index in [1.54, 1.807) is 17.0 Å². The van der Waals surface area contributed by atoms with Crippen molar-refractivity contribution in [3.63, 3.8) is 0 Å². The second-order valence-corrected chi connectivity index (χ2v) is 5.03. The second kappa shape index (κ2) is 6.79. The van der Waals surface area contributed by atoms with Crippen LogP contribution in [0, 0.1) is 0 Å². The first kappa shape index (κ1) is 14.2. The molecule has 0 radical (unpaired) electrons. The molecule has 0 unspecified atom stereocenters. The molecule has 17 heavy (non-hydrogen) atoms. The molecule has 0 aliphatic rings. The lowest BCUT2D eigenvalue weighted by Gasteiger charge is -2.22. The number of anilines is 1. The van der Waals surface area contributed by atoms with Gasteiger partial charge in [-0.05, 0) is 20.3 Å². The molecule has 0 aliphatic heterocycles. The third-order valence-electron chi connectivity index (χ3n) is 2.55. The lowest BCUT2D eigenvalue weighted by atomic mass is 10.3. The van der Waals surface area contributed by atoms with Crippen molar-refractivity contribution in [2.45, 2.75) is 33.2 Å². The first-order chi connectivity index (χ1) is 8.11. The normalized spacial score (nSPS) is 10.9. The fourth-order valence-electron chi connectivity index (χ4n) is 1.73. The zero-order valence-electron chi connectivity index (χ0n) is 10.7. The molecule has 1 rings (SSSR count). The molecule has 0 spiro atoms. The molecule has 1 aromatic heterocycles. The molecule has 0 aromatic carbocycles. The summed E-state index contributed by atoms with van der Waals surface area (Å²) < 4.78 is 1.72. The summed E-state index contributed by atoms with van der Waals surface area (Å²) in [5, 5.41) is 0.838. The van der Waals surface area contributed by atoms with Gasteiger partial charge < -0.3 is 9.47 Å². The van der Waals surface area contributed by atoms with Gasteiger partial charge in [0.2, 0.25) is 0 Å². The fraction of sp³-hybridized carbons (Fsp3) is 0.667. The first-order valence-electron chi connectivity index (χ1n) is 5.99. The summed E-state index contributed by atoms with van der Waals surface area (Å²) in [5.41, 5.74) is -0.00287. The van der Waals surface area contributed by atoms with E-state index in [2.05, 4.69) is 27.8 Å². The highest BCUT2D eigenvalue weighted by Crippen LogP contribution is 2.07. The van der Waals surface area contributed by atoms with Gasteiger partial charge in [-0.15, -0.1) is 0 Å². The number of aromatic nitrogens is 2. The molecule has 5 heteroatoms. The fourth-order valence-corrected chi connectivity index (χ4v) is 2.16. The van der Waals surface area contributed by atoms with Crippen LogP contribution in [0.3, 0.4) is 0 Å². The zero-order chi connectivity index (χ0) is 12.8. The van der Waals surface area contributed by atoms with Gasteiger partial charge in [0.05, 0.1) is 0 Å². The summed E-state index contributed by atoms with van der Waals surface area (Å²) in [6, 6.07) is 0.164. The van der Waals surface area contributed by atoms with Crippen LogP contribution in [0.25, 0.3) is 0 Å². The Hall–Kier alpha value is -0.840. The first-order valence-corrected chi connectivity index (χ1v) is 7.12. The molecule has 0 saturated heterocycles. The highest BCUT2D eigenvalue weighted by molar-refractivity contribution is 9.09. The smallest absolute Gasteiger partial charge is 0.293 e. The van der Waals surface area contributed by atoms with Crippen molar-refractivity contribution < 1.29 is 0 Å². The quantitative estimate of drug-likeness (QED) is 0.758. The van der Waals surface area contributed by atoms with Crippen molar-refractivity contribution in [1.29, 1.82) is 0 Å². The molecule has 0 bridgehead atoms. The Labute approximate surface area is 111 Å². The van der Waals surface area contributed by atoms with Gasteiger partial charge >= 0.3 is 0 Å². The molecular weight excluding hydrogens is 282 g/mol. The van der Waals surface area contributed by atoms with Crippen LogP contribution in [0.2, 0.25) is 0 Å². The molecule has 96 valence electrons. The maximum absolute atomic E-state index is 12.2. The highest BCUT2D eigenvalue weighted by Gasteiger charge is 2.13. The zero-order valence-corrected chi connectivity index (χ0v) is 12.3. The SMILES string of the molecule is CCCN(CCBr)c1nccn(C(C)C)c1=O. The van der Waals surface area contributed by atoms with Gasteiger partial charge in [0.1, 0.15) is 0 Å². The van der Waals surface area contributed by atoms with Crippen LogP contribution in [0.5, 0.6) is 0 Å². The van der Waals surface area contributed by atoms with Crippen LogP contribution in [0.4, 0.5) is 5.82 Å². The van der Waals surface area contributed by atoms with Gasteiger partial charge in [-0.2, -0.15) is 0 Å². The molecule has 0 saturated carbocycles. The molecular formula is C12H20BrN3O. The van der Waals surface area contributed by atoms with Crippen molar-refractivity contribution in [3.8, 4) is 0 Å². The number of hydrogen-bond donors (Lipinski definition) is 0. The maximum Gasteiger partial charge on any atom is 0.293 e. The van der Waals surface area contributed by atoms with Crippen molar-refractivity contribution in [3.05, 3.63) is 22.7 Å². The minimum atomic E-state index is -0.00287. The standard InChI is InChI=1S/C12H20BrN3O/c1-4-7-15(8-5-13)11-12(17)16(10(2)3)9-6-14-11/h6,9-10H,4-5,7-8H2,1-3H3. The third-order valence-corrected chi connectivity index (χ3v) is 2.91. The number of nitrogens with zero attached hydrogens (tertiary/aromatic N) is 3. The average molecular weight is 302 g/mol. The minimum Gasteiger partial charge on any atom is -0.351 e. The van der Waals surface area contributed by atoms with Crippen molar-refractivity contribution >= 4 is 21.7 Å². The van der Waals surface area contributed by atoms with Gasteiger partial charge in [0.25, 0.3) is 5.56 Å². The van der Waals surface area contributed by atoms with E-state index in [0.29, 0.717) is 5.82 Å². The van der Waals surface area contributed by atoms with Crippen molar-refractivity contribution in [2.24, 2.45) is 0 Å². The van der Waals surface area contributed by atoms with E-state index < -0.39 is 0 Å². The highest BCUT2D eigenvalue weighted by atomic mass is 79.9. The van der Waals surface area contributed by atoms with Crippen LogP contribution < -0.4 is 10.5 Å². The Morgan fingerprint density at radius 1 is 1.47 bits per heavy atom. The minimum absolute atomic E-state index is 0.00287. The number of halogens is 1. The van der Waals surface area contributed by atoms with Gasteiger partial charge in [-0.1, -0.05) is 22.9 Å². The molecule has 0 amide bonds.